The molecule has 0 fully saturated rings. The first-order valence-electron chi connectivity index (χ1n) is 8.12. The summed E-state index contributed by atoms with van der Waals surface area (Å²) in [5, 5.41) is 3.86. The van der Waals surface area contributed by atoms with Gasteiger partial charge in [0.2, 0.25) is 0 Å². The summed E-state index contributed by atoms with van der Waals surface area (Å²) in [6.45, 7) is 16.0. The molecule has 1 heteroatoms. The fraction of sp³-hybridized carbons (Fsp3) is 0.684. The highest BCUT2D eigenvalue weighted by Gasteiger charge is 2.17. The Hall–Kier alpha value is -0.820. The van der Waals surface area contributed by atoms with Crippen molar-refractivity contribution in [2.24, 2.45) is 11.8 Å². The van der Waals surface area contributed by atoms with Crippen LogP contribution in [0.25, 0.3) is 0 Å². The van der Waals surface area contributed by atoms with Gasteiger partial charge in [-0.15, -0.1) is 0 Å². The SMILES string of the molecule is Cc1ccc(C)c(C(C)NC(CC(C)C)CC(C)C)c1. The lowest BCUT2D eigenvalue weighted by Gasteiger charge is -2.27. The quantitative estimate of drug-likeness (QED) is 0.701. The highest BCUT2D eigenvalue weighted by Crippen LogP contribution is 2.22. The van der Waals surface area contributed by atoms with Gasteiger partial charge in [0.05, 0.1) is 0 Å². The molecule has 0 aliphatic heterocycles. The Kier molecular flexibility index (Phi) is 6.75. The van der Waals surface area contributed by atoms with Crippen LogP contribution >= 0.6 is 0 Å². The van der Waals surface area contributed by atoms with Crippen molar-refractivity contribution in [2.75, 3.05) is 0 Å². The molecular formula is C19H33N. The summed E-state index contributed by atoms with van der Waals surface area (Å²) in [4.78, 5) is 0. The van der Waals surface area contributed by atoms with E-state index in [1.165, 1.54) is 29.5 Å². The van der Waals surface area contributed by atoms with E-state index in [1.807, 2.05) is 0 Å². The Morgan fingerprint density at radius 1 is 0.900 bits per heavy atom. The molecule has 0 heterocycles. The van der Waals surface area contributed by atoms with E-state index in [0.29, 0.717) is 12.1 Å². The normalized spacial score (nSPS) is 13.5. The topological polar surface area (TPSA) is 12.0 Å². The average molecular weight is 275 g/mol. The van der Waals surface area contributed by atoms with Crippen molar-refractivity contribution >= 4 is 0 Å². The first-order chi connectivity index (χ1) is 9.29. The molecule has 0 aliphatic carbocycles. The largest absolute Gasteiger partial charge is 0.307 e. The third-order valence-corrected chi connectivity index (χ3v) is 3.90. The summed E-state index contributed by atoms with van der Waals surface area (Å²) in [7, 11) is 0. The number of benzene rings is 1. The minimum atomic E-state index is 0.428. The third kappa shape index (κ3) is 5.66. The van der Waals surface area contributed by atoms with Crippen LogP contribution in [0.3, 0.4) is 0 Å². The lowest BCUT2D eigenvalue weighted by molar-refractivity contribution is 0.335. The molecule has 0 aromatic heterocycles. The van der Waals surface area contributed by atoms with Crippen LogP contribution in [-0.2, 0) is 0 Å². The number of rotatable bonds is 7. The molecule has 1 aromatic rings. The average Bonchev–Trinajstić information content (AvgIpc) is 2.30. The van der Waals surface area contributed by atoms with Gasteiger partial charge in [0.1, 0.15) is 0 Å². The van der Waals surface area contributed by atoms with Gasteiger partial charge in [-0.25, -0.2) is 0 Å². The molecule has 1 unspecified atom stereocenters. The van der Waals surface area contributed by atoms with Gasteiger partial charge in [-0.3, -0.25) is 0 Å². The van der Waals surface area contributed by atoms with Crippen molar-refractivity contribution in [2.45, 2.75) is 73.4 Å². The standard InChI is InChI=1S/C19H33N/c1-13(2)10-18(11-14(3)4)20-17(7)19-12-15(5)8-9-16(19)6/h8-9,12-14,17-18,20H,10-11H2,1-7H3. The molecule has 0 bridgehead atoms. The number of aryl methyl sites for hydroxylation is 2. The van der Waals surface area contributed by atoms with Crippen molar-refractivity contribution in [3.05, 3.63) is 34.9 Å². The lowest BCUT2D eigenvalue weighted by atomic mass is 9.93. The predicted octanol–water partition coefficient (Wildman–Crippen LogP) is 5.41. The molecule has 0 aliphatic rings. The predicted molar refractivity (Wildman–Crippen MR) is 90.2 cm³/mol. The molecule has 0 saturated heterocycles. The van der Waals surface area contributed by atoms with E-state index < -0.39 is 0 Å². The monoisotopic (exact) mass is 275 g/mol. The number of hydrogen-bond donors (Lipinski definition) is 1. The summed E-state index contributed by atoms with van der Waals surface area (Å²) in [6.07, 6.45) is 2.51. The fourth-order valence-electron chi connectivity index (χ4n) is 3.04. The van der Waals surface area contributed by atoms with E-state index in [9.17, 15) is 0 Å². The van der Waals surface area contributed by atoms with Crippen molar-refractivity contribution < 1.29 is 0 Å². The first-order valence-corrected chi connectivity index (χ1v) is 8.12. The first kappa shape index (κ1) is 17.2. The van der Waals surface area contributed by atoms with Gasteiger partial charge in [0.25, 0.3) is 0 Å². The molecule has 0 amide bonds. The number of nitrogens with one attached hydrogen (secondary N) is 1. The van der Waals surface area contributed by atoms with E-state index in [4.69, 9.17) is 0 Å². The van der Waals surface area contributed by atoms with Gasteiger partial charge < -0.3 is 5.32 Å². The van der Waals surface area contributed by atoms with E-state index >= 15 is 0 Å². The Morgan fingerprint density at radius 2 is 1.45 bits per heavy atom. The van der Waals surface area contributed by atoms with Crippen LogP contribution in [-0.4, -0.2) is 6.04 Å². The second-order valence-corrected chi connectivity index (χ2v) is 7.20. The molecule has 1 atom stereocenters. The molecule has 1 N–H and O–H groups in total. The Morgan fingerprint density at radius 3 is 1.95 bits per heavy atom. The van der Waals surface area contributed by atoms with E-state index in [1.54, 1.807) is 0 Å². The van der Waals surface area contributed by atoms with Crippen LogP contribution < -0.4 is 5.32 Å². The summed E-state index contributed by atoms with van der Waals surface area (Å²) < 4.78 is 0. The molecule has 0 radical (unpaired) electrons. The zero-order valence-electron chi connectivity index (χ0n) is 14.5. The molecular weight excluding hydrogens is 242 g/mol. The molecule has 0 saturated carbocycles. The van der Waals surface area contributed by atoms with Crippen LogP contribution in [0.1, 0.15) is 70.2 Å². The number of hydrogen-bond acceptors (Lipinski definition) is 1. The van der Waals surface area contributed by atoms with Gasteiger partial charge in [0, 0.05) is 12.1 Å². The van der Waals surface area contributed by atoms with E-state index in [-0.39, 0.29) is 0 Å². The molecule has 0 spiro atoms. The van der Waals surface area contributed by atoms with Gasteiger partial charge in [-0.05, 0) is 56.6 Å². The Balaban J connectivity index is 2.78. The smallest absolute Gasteiger partial charge is 0.0297 e. The van der Waals surface area contributed by atoms with Crippen LogP contribution in [0.4, 0.5) is 0 Å². The van der Waals surface area contributed by atoms with E-state index in [0.717, 1.165) is 11.8 Å². The van der Waals surface area contributed by atoms with Gasteiger partial charge >= 0.3 is 0 Å². The van der Waals surface area contributed by atoms with Crippen molar-refractivity contribution in [3.8, 4) is 0 Å². The minimum Gasteiger partial charge on any atom is -0.307 e. The van der Waals surface area contributed by atoms with Crippen molar-refractivity contribution in [1.29, 1.82) is 0 Å². The maximum atomic E-state index is 3.86. The van der Waals surface area contributed by atoms with Crippen LogP contribution in [0, 0.1) is 25.7 Å². The van der Waals surface area contributed by atoms with Gasteiger partial charge in [0.15, 0.2) is 0 Å². The molecule has 114 valence electrons. The second-order valence-electron chi connectivity index (χ2n) is 7.20. The third-order valence-electron chi connectivity index (χ3n) is 3.90. The van der Waals surface area contributed by atoms with Crippen LogP contribution in [0.15, 0.2) is 18.2 Å². The molecule has 1 nitrogen and oxygen atoms in total. The summed E-state index contributed by atoms with van der Waals surface area (Å²) >= 11 is 0. The zero-order chi connectivity index (χ0) is 15.3. The van der Waals surface area contributed by atoms with Crippen molar-refractivity contribution in [1.82, 2.24) is 5.32 Å². The summed E-state index contributed by atoms with van der Waals surface area (Å²) in [6, 6.07) is 7.81. The van der Waals surface area contributed by atoms with Gasteiger partial charge in [-0.2, -0.15) is 0 Å². The molecule has 1 rings (SSSR count). The Bertz CT molecular complexity index is 396. The maximum absolute atomic E-state index is 3.86. The fourth-order valence-corrected chi connectivity index (χ4v) is 3.04. The zero-order valence-corrected chi connectivity index (χ0v) is 14.5. The minimum absolute atomic E-state index is 0.428. The molecule has 1 aromatic carbocycles. The summed E-state index contributed by atoms with van der Waals surface area (Å²) in [5.74, 6) is 1.49. The second kappa shape index (κ2) is 7.83. The molecule has 20 heavy (non-hydrogen) atoms. The highest BCUT2D eigenvalue weighted by atomic mass is 14.9. The lowest BCUT2D eigenvalue weighted by Crippen LogP contribution is -2.34. The van der Waals surface area contributed by atoms with E-state index in [2.05, 4.69) is 72.0 Å². The van der Waals surface area contributed by atoms with Crippen LogP contribution in [0.2, 0.25) is 0 Å². The highest BCUT2D eigenvalue weighted by molar-refractivity contribution is 5.32. The maximum Gasteiger partial charge on any atom is 0.0297 e. The van der Waals surface area contributed by atoms with Crippen LogP contribution in [0.5, 0.6) is 0 Å². The Labute approximate surface area is 126 Å². The van der Waals surface area contributed by atoms with Gasteiger partial charge in [-0.1, -0.05) is 51.5 Å². The van der Waals surface area contributed by atoms with Crippen molar-refractivity contribution in [3.63, 3.8) is 0 Å². The summed E-state index contributed by atoms with van der Waals surface area (Å²) in [5.41, 5.74) is 4.19.